The maximum Gasteiger partial charge on any atom is 0.180 e. The van der Waals surface area contributed by atoms with Crippen molar-refractivity contribution in [1.82, 2.24) is 4.90 Å². The van der Waals surface area contributed by atoms with Gasteiger partial charge in [0.2, 0.25) is 0 Å². The Balaban J connectivity index is 3.07. The van der Waals surface area contributed by atoms with Gasteiger partial charge < -0.3 is 4.90 Å². The van der Waals surface area contributed by atoms with Crippen LogP contribution in [0.25, 0.3) is 0 Å². The van der Waals surface area contributed by atoms with Gasteiger partial charge in [0.15, 0.2) is 5.84 Å². The Labute approximate surface area is 109 Å². The molecular weight excluding hydrogens is 224 g/mol. The smallest absolute Gasteiger partial charge is 0.180 e. The quantitative estimate of drug-likeness (QED) is 0.708. The molecule has 0 unspecified atom stereocenters. The number of allylic oxidation sites excluding steroid dienone is 1. The molecule has 96 valence electrons. The lowest BCUT2D eigenvalue weighted by Gasteiger charge is -2.22. The summed E-state index contributed by atoms with van der Waals surface area (Å²) in [4.78, 5) is 14.8. The van der Waals surface area contributed by atoms with Crippen LogP contribution in [-0.4, -0.2) is 36.8 Å². The van der Waals surface area contributed by atoms with E-state index in [1.54, 1.807) is 18.5 Å². The highest BCUT2D eigenvalue weighted by molar-refractivity contribution is 6.25. The average Bonchev–Trinajstić information content (AvgIpc) is 2.39. The van der Waals surface area contributed by atoms with E-state index in [9.17, 15) is 0 Å². The maximum atomic E-state index is 4.34. The molecule has 0 aliphatic carbocycles. The van der Waals surface area contributed by atoms with Gasteiger partial charge in [-0.3, -0.25) is 0 Å². The summed E-state index contributed by atoms with van der Waals surface area (Å²) in [6.45, 7) is 10.6. The maximum absolute atomic E-state index is 4.34. The molecule has 4 heteroatoms. The van der Waals surface area contributed by atoms with E-state index >= 15 is 0 Å². The third-order valence-electron chi connectivity index (χ3n) is 2.59. The molecule has 0 bridgehead atoms. The fourth-order valence-electron chi connectivity index (χ4n) is 1.64. The first-order chi connectivity index (χ1) is 8.74. The molecule has 0 spiro atoms. The molecule has 1 aliphatic rings. The lowest BCUT2D eigenvalue weighted by Crippen LogP contribution is -2.21. The summed E-state index contributed by atoms with van der Waals surface area (Å²) in [5.41, 5.74) is 1.68. The molecule has 0 aromatic carbocycles. The second kappa shape index (κ2) is 7.37. The number of unbranched alkanes of at least 4 members (excludes halogenated alkanes) is 1. The Bertz CT molecular complexity index is 427. The number of amidine groups is 1. The van der Waals surface area contributed by atoms with Crippen LogP contribution in [0.4, 0.5) is 0 Å². The summed E-state index contributed by atoms with van der Waals surface area (Å²) in [6, 6.07) is 0. The van der Waals surface area contributed by atoms with Crippen LogP contribution in [0.3, 0.4) is 0 Å². The van der Waals surface area contributed by atoms with Gasteiger partial charge in [-0.2, -0.15) is 0 Å². The Morgan fingerprint density at radius 3 is 2.72 bits per heavy atom. The third kappa shape index (κ3) is 3.52. The Hall–Kier alpha value is -1.97. The van der Waals surface area contributed by atoms with Crippen molar-refractivity contribution >= 4 is 18.3 Å². The Kier molecular flexibility index (Phi) is 5.77. The minimum Gasteiger partial charge on any atom is -0.373 e. The van der Waals surface area contributed by atoms with Crippen molar-refractivity contribution < 1.29 is 0 Å². The topological polar surface area (TPSA) is 40.3 Å². The average molecular weight is 244 g/mol. The van der Waals surface area contributed by atoms with Crippen LogP contribution in [0.1, 0.15) is 19.8 Å². The molecule has 4 nitrogen and oxygen atoms in total. The second-order valence-electron chi connectivity index (χ2n) is 3.90. The number of aliphatic imine (C=N–C) groups is 3. The molecule has 0 aromatic rings. The van der Waals surface area contributed by atoms with Crippen LogP contribution in [0.15, 0.2) is 51.8 Å². The minimum absolute atomic E-state index is 0.575. The van der Waals surface area contributed by atoms with E-state index in [2.05, 4.69) is 40.0 Å². The molecule has 0 aromatic heterocycles. The van der Waals surface area contributed by atoms with E-state index < -0.39 is 0 Å². The molecule has 0 N–H and O–H groups in total. The molecule has 1 rings (SSSR count). The largest absolute Gasteiger partial charge is 0.373 e. The second-order valence-corrected chi connectivity index (χ2v) is 3.90. The van der Waals surface area contributed by atoms with Crippen LogP contribution in [-0.2, 0) is 0 Å². The van der Waals surface area contributed by atoms with Gasteiger partial charge in [-0.1, -0.05) is 26.5 Å². The highest BCUT2D eigenvalue weighted by atomic mass is 15.1. The van der Waals surface area contributed by atoms with Crippen LogP contribution < -0.4 is 0 Å². The van der Waals surface area contributed by atoms with E-state index in [1.807, 2.05) is 7.05 Å². The van der Waals surface area contributed by atoms with Gasteiger partial charge in [0, 0.05) is 32.2 Å². The molecule has 18 heavy (non-hydrogen) atoms. The predicted molar refractivity (Wildman–Crippen MR) is 79.4 cm³/mol. The van der Waals surface area contributed by atoms with E-state index in [0.29, 0.717) is 5.84 Å². The van der Waals surface area contributed by atoms with Crippen molar-refractivity contribution in [2.45, 2.75) is 19.8 Å². The van der Waals surface area contributed by atoms with Crippen molar-refractivity contribution in [1.29, 1.82) is 0 Å². The van der Waals surface area contributed by atoms with Gasteiger partial charge >= 0.3 is 0 Å². The fourth-order valence-corrected chi connectivity index (χ4v) is 1.64. The van der Waals surface area contributed by atoms with E-state index in [-0.39, 0.29) is 0 Å². The summed E-state index contributed by atoms with van der Waals surface area (Å²) < 4.78 is 0. The van der Waals surface area contributed by atoms with E-state index in [1.165, 1.54) is 6.20 Å². The molecule has 1 heterocycles. The zero-order valence-electron chi connectivity index (χ0n) is 11.1. The van der Waals surface area contributed by atoms with Gasteiger partial charge in [0.05, 0.1) is 5.70 Å². The van der Waals surface area contributed by atoms with Crippen LogP contribution in [0.5, 0.6) is 0 Å². The summed E-state index contributed by atoms with van der Waals surface area (Å²) in [7, 11) is 2.03. The number of rotatable bonds is 6. The Morgan fingerprint density at radius 1 is 1.39 bits per heavy atom. The normalized spacial score (nSPS) is 18.9. The minimum atomic E-state index is 0.575. The molecule has 0 amide bonds. The first-order valence-electron chi connectivity index (χ1n) is 6.08. The fraction of sp³-hybridized carbons (Fsp3) is 0.357. The first-order valence-corrected chi connectivity index (χ1v) is 6.08. The van der Waals surface area contributed by atoms with Crippen LogP contribution in [0, 0.1) is 0 Å². The molecule has 1 aliphatic heterocycles. The number of hydrogen-bond donors (Lipinski definition) is 0. The van der Waals surface area contributed by atoms with Crippen molar-refractivity contribution in [3.8, 4) is 0 Å². The molecular formula is C14H20N4. The lowest BCUT2D eigenvalue weighted by molar-refractivity contribution is 0.415. The number of hydrogen-bond acceptors (Lipinski definition) is 3. The Morgan fingerprint density at radius 2 is 2.11 bits per heavy atom. The summed E-state index contributed by atoms with van der Waals surface area (Å²) in [5.74, 6) is 0.575. The van der Waals surface area contributed by atoms with E-state index in [0.717, 1.165) is 30.8 Å². The summed E-state index contributed by atoms with van der Waals surface area (Å²) >= 11 is 0. The third-order valence-corrected chi connectivity index (χ3v) is 2.59. The number of nitrogens with zero attached hydrogens (tertiary/aromatic N) is 4. The van der Waals surface area contributed by atoms with E-state index in [4.69, 9.17) is 0 Å². The van der Waals surface area contributed by atoms with Gasteiger partial charge in [0.25, 0.3) is 0 Å². The summed E-state index contributed by atoms with van der Waals surface area (Å²) in [5, 5.41) is 0. The van der Waals surface area contributed by atoms with Crippen molar-refractivity contribution in [3.05, 3.63) is 36.8 Å². The lowest BCUT2D eigenvalue weighted by atomic mass is 10.2. The van der Waals surface area contributed by atoms with Gasteiger partial charge in [-0.25, -0.2) is 15.0 Å². The first kappa shape index (κ1) is 14.1. The van der Waals surface area contributed by atoms with Gasteiger partial charge in [-0.05, 0) is 12.5 Å². The molecule has 0 saturated heterocycles. The molecule has 0 fully saturated rings. The van der Waals surface area contributed by atoms with Crippen molar-refractivity contribution in [2.24, 2.45) is 15.0 Å². The predicted octanol–water partition coefficient (Wildman–Crippen LogP) is 2.81. The van der Waals surface area contributed by atoms with Crippen LogP contribution >= 0.6 is 0 Å². The van der Waals surface area contributed by atoms with Gasteiger partial charge in [0.1, 0.15) is 5.70 Å². The zero-order chi connectivity index (χ0) is 13.4. The monoisotopic (exact) mass is 244 g/mol. The SMILES string of the molecule is C=CN=C1N=CC=N/C1=C(/C=C)N(C)CCCC. The van der Waals surface area contributed by atoms with Crippen LogP contribution in [0.2, 0.25) is 0 Å². The summed E-state index contributed by atoms with van der Waals surface area (Å²) in [6.07, 6.45) is 8.83. The highest BCUT2D eigenvalue weighted by Crippen LogP contribution is 2.16. The zero-order valence-corrected chi connectivity index (χ0v) is 11.1. The molecule has 0 atom stereocenters. The number of likely N-dealkylation sites (N-methyl/N-ethyl adjacent to an activating group) is 1. The van der Waals surface area contributed by atoms with Crippen molar-refractivity contribution in [3.63, 3.8) is 0 Å². The van der Waals surface area contributed by atoms with Gasteiger partial charge in [-0.15, -0.1) is 0 Å². The molecule has 0 saturated carbocycles. The van der Waals surface area contributed by atoms with Crippen molar-refractivity contribution in [2.75, 3.05) is 13.6 Å². The molecule has 0 radical (unpaired) electrons. The highest BCUT2D eigenvalue weighted by Gasteiger charge is 2.14. The standard InChI is InChI=1S/C14H20N4/c1-5-8-11-18(4)12(6-2)13-14(15-7-3)17-10-9-16-13/h6-7,9-10H,2-3,5,8,11H2,1,4H3/b13-12-,15-14?.